The average molecular weight is 516 g/mol. The van der Waals surface area contributed by atoms with Gasteiger partial charge in [0.2, 0.25) is 0 Å². The van der Waals surface area contributed by atoms with Crippen molar-refractivity contribution in [2.45, 2.75) is 65.6 Å². The van der Waals surface area contributed by atoms with Crippen LogP contribution in [0.2, 0.25) is 7.35 Å². The molecule has 0 aromatic carbocycles. The predicted molar refractivity (Wildman–Crippen MR) is 100 cm³/mol. The molecule has 0 fully saturated rings. The van der Waals surface area contributed by atoms with Gasteiger partial charge in [0.05, 0.1) is 0 Å². The van der Waals surface area contributed by atoms with Gasteiger partial charge in [-0.2, -0.15) is 0 Å². The molecule has 0 amide bonds. The van der Waals surface area contributed by atoms with Crippen LogP contribution in [0.3, 0.4) is 0 Å². The van der Waals surface area contributed by atoms with E-state index in [-0.39, 0.29) is 0 Å². The van der Waals surface area contributed by atoms with Gasteiger partial charge >= 0.3 is 149 Å². The zero-order valence-corrected chi connectivity index (χ0v) is 19.1. The van der Waals surface area contributed by atoms with E-state index in [1.165, 1.54) is 51.4 Å². The van der Waals surface area contributed by atoms with Crippen LogP contribution in [-0.2, 0) is 15.7 Å². The second-order valence-electron chi connectivity index (χ2n) is 7.70. The first kappa shape index (κ1) is 16.7. The minimum absolute atomic E-state index is 0.332. The van der Waals surface area contributed by atoms with Crippen molar-refractivity contribution < 1.29 is 15.7 Å². The van der Waals surface area contributed by atoms with Crippen LogP contribution < -0.4 is 0 Å². The van der Waals surface area contributed by atoms with E-state index in [1.807, 2.05) is 0 Å². The molecule has 3 heteroatoms. The molecular weight excluding hydrogens is 490 g/mol. The Morgan fingerprint density at radius 1 is 0.826 bits per heavy atom. The monoisotopic (exact) mass is 516 g/mol. The number of halogens is 2. The van der Waals surface area contributed by atoms with Crippen LogP contribution in [0.25, 0.3) is 0 Å². The molecule has 124 valence electrons. The Labute approximate surface area is 148 Å². The molecule has 4 aliphatic carbocycles. The third-order valence-electron chi connectivity index (χ3n) is 6.58. The molecule has 4 aliphatic rings. The molecule has 2 unspecified atom stereocenters. The van der Waals surface area contributed by atoms with Crippen LogP contribution in [0.4, 0.5) is 0 Å². The van der Waals surface area contributed by atoms with Crippen LogP contribution in [0.1, 0.15) is 58.3 Å². The molecule has 0 heterocycles. The van der Waals surface area contributed by atoms with Crippen LogP contribution in [0.15, 0.2) is 46.6 Å². The van der Waals surface area contributed by atoms with Crippen molar-refractivity contribution in [1.82, 2.24) is 0 Å². The standard InChI is InChI=1S/2C9H11.C2H4.2ClH.Hf/c2*1-2-5-9-7-3-6-8(9)4-1;1-2;;;/h2*3,6-7H,1-2,4-5H2;1H,2H3;2*1H;/q;;;;;+2/p-2. The zero-order chi connectivity index (χ0) is 16.1. The van der Waals surface area contributed by atoms with Crippen molar-refractivity contribution in [3.8, 4) is 0 Å². The van der Waals surface area contributed by atoms with Gasteiger partial charge in [-0.05, 0) is 0 Å². The molecule has 0 aliphatic heterocycles. The summed E-state index contributed by atoms with van der Waals surface area (Å²) in [4.78, 5) is 0. The van der Waals surface area contributed by atoms with Crippen molar-refractivity contribution in [2.75, 3.05) is 0 Å². The molecule has 0 spiro atoms. The molecule has 0 aromatic rings. The first-order chi connectivity index (χ1) is 11.0. The van der Waals surface area contributed by atoms with Gasteiger partial charge in [0.15, 0.2) is 0 Å². The summed E-state index contributed by atoms with van der Waals surface area (Å²) in [6.07, 6.45) is 19.5. The van der Waals surface area contributed by atoms with E-state index >= 15 is 0 Å². The molecule has 2 atom stereocenters. The van der Waals surface area contributed by atoms with Crippen molar-refractivity contribution in [1.29, 1.82) is 0 Å². The molecule has 0 N–H and O–H groups in total. The number of hydrogen-bond acceptors (Lipinski definition) is 0. The molecule has 0 nitrogen and oxygen atoms in total. The van der Waals surface area contributed by atoms with Gasteiger partial charge in [0.1, 0.15) is 0 Å². The van der Waals surface area contributed by atoms with Crippen LogP contribution in [-0.4, -0.2) is 3.76 Å². The summed E-state index contributed by atoms with van der Waals surface area (Å²) >= 11 is -4.25. The SMILES string of the molecule is C[CH]=[Hf]([Cl])([Cl])([CH]1C=CC2=C1CCCC2)[CH]1C=CC2=C1CCCC2. The number of hydrogen-bond donors (Lipinski definition) is 0. The average Bonchev–Trinajstić information content (AvgIpc) is 3.20. The van der Waals surface area contributed by atoms with E-state index in [2.05, 4.69) is 35.0 Å². The van der Waals surface area contributed by atoms with Gasteiger partial charge in [-0.1, -0.05) is 0 Å². The van der Waals surface area contributed by atoms with E-state index in [4.69, 9.17) is 17.2 Å². The van der Waals surface area contributed by atoms with Crippen molar-refractivity contribution >= 4 is 20.9 Å². The number of rotatable bonds is 2. The predicted octanol–water partition coefficient (Wildman–Crippen LogP) is 7.26. The third-order valence-corrected chi connectivity index (χ3v) is 34.2. The summed E-state index contributed by atoms with van der Waals surface area (Å²) in [7, 11) is 15.2. The van der Waals surface area contributed by atoms with E-state index in [9.17, 15) is 0 Å². The Bertz CT molecular complexity index is 673. The van der Waals surface area contributed by atoms with Crippen LogP contribution >= 0.6 is 17.2 Å². The molecule has 0 saturated carbocycles. The van der Waals surface area contributed by atoms with Gasteiger partial charge in [0.25, 0.3) is 0 Å². The first-order valence-corrected chi connectivity index (χ1v) is 24.3. The summed E-state index contributed by atoms with van der Waals surface area (Å²) in [6, 6.07) is 0. The molecule has 0 saturated heterocycles. The Kier molecular flexibility index (Phi) is 4.31. The molecule has 0 bridgehead atoms. The zero-order valence-electron chi connectivity index (χ0n) is 14.0. The Morgan fingerprint density at radius 2 is 1.26 bits per heavy atom. The van der Waals surface area contributed by atoms with Gasteiger partial charge in [-0.3, -0.25) is 0 Å². The second kappa shape index (κ2) is 5.92. The third kappa shape index (κ3) is 2.52. The Morgan fingerprint density at radius 3 is 1.70 bits per heavy atom. The van der Waals surface area contributed by atoms with E-state index in [0.29, 0.717) is 7.35 Å². The Balaban J connectivity index is 1.81. The van der Waals surface area contributed by atoms with Crippen molar-refractivity contribution in [3.05, 3.63) is 46.6 Å². The van der Waals surface area contributed by atoms with Crippen LogP contribution in [0, 0.1) is 0 Å². The van der Waals surface area contributed by atoms with Crippen molar-refractivity contribution in [2.24, 2.45) is 0 Å². The normalized spacial score (nSPS) is 30.8. The van der Waals surface area contributed by atoms with Gasteiger partial charge in [-0.15, -0.1) is 0 Å². The summed E-state index contributed by atoms with van der Waals surface area (Å²) in [5.74, 6) is 0. The Hall–Kier alpha value is 0.280. The molecular formula is C20H26Cl2Hf. The van der Waals surface area contributed by atoms with Crippen LogP contribution in [0.5, 0.6) is 0 Å². The molecule has 23 heavy (non-hydrogen) atoms. The molecule has 0 radical (unpaired) electrons. The quantitative estimate of drug-likeness (QED) is 0.339. The first-order valence-electron chi connectivity index (χ1n) is 9.22. The number of allylic oxidation sites excluding steroid dienone is 8. The maximum atomic E-state index is 7.59. The van der Waals surface area contributed by atoms with Gasteiger partial charge < -0.3 is 0 Å². The fourth-order valence-corrected chi connectivity index (χ4v) is 26.4. The molecule has 0 aromatic heterocycles. The summed E-state index contributed by atoms with van der Waals surface area (Å²) < 4.78 is 2.96. The van der Waals surface area contributed by atoms with Crippen molar-refractivity contribution in [3.63, 3.8) is 0 Å². The minimum atomic E-state index is -4.25. The van der Waals surface area contributed by atoms with Gasteiger partial charge in [0, 0.05) is 0 Å². The summed E-state index contributed by atoms with van der Waals surface area (Å²) in [6.45, 7) is 2.14. The van der Waals surface area contributed by atoms with E-state index in [0.717, 1.165) is 0 Å². The fraction of sp³-hybridized carbons (Fsp3) is 0.550. The van der Waals surface area contributed by atoms with E-state index in [1.54, 1.807) is 22.3 Å². The topological polar surface area (TPSA) is 0 Å². The summed E-state index contributed by atoms with van der Waals surface area (Å²) in [5, 5.41) is 0. The maximum absolute atomic E-state index is 7.59. The van der Waals surface area contributed by atoms with E-state index < -0.39 is 15.7 Å². The second-order valence-corrected chi connectivity index (χ2v) is 38.5. The fourth-order valence-electron chi connectivity index (χ4n) is 5.24. The summed E-state index contributed by atoms with van der Waals surface area (Å²) in [5.41, 5.74) is 6.28. The van der Waals surface area contributed by atoms with Gasteiger partial charge in [-0.25, -0.2) is 0 Å². The molecule has 4 rings (SSSR count).